The van der Waals surface area contributed by atoms with Crippen LogP contribution in [0.5, 0.6) is 5.75 Å². The predicted octanol–water partition coefficient (Wildman–Crippen LogP) is 4.16. The number of thioether (sulfide) groups is 1. The van der Waals surface area contributed by atoms with Gasteiger partial charge in [0.05, 0.1) is 12.8 Å². The molecule has 1 unspecified atom stereocenters. The number of Topliss-reactive ketones (excluding diaryl/α,β-unsaturated/α-hetero) is 1. The summed E-state index contributed by atoms with van der Waals surface area (Å²) in [5, 5.41) is 8.17. The highest BCUT2D eigenvalue weighted by Gasteiger charge is 2.41. The average Bonchev–Trinajstić information content (AvgIpc) is 2.66. The quantitative estimate of drug-likeness (QED) is 0.431. The first kappa shape index (κ1) is 18.3. The van der Waals surface area contributed by atoms with Gasteiger partial charge in [-0.2, -0.15) is 11.8 Å². The second-order valence-electron chi connectivity index (χ2n) is 5.80. The minimum atomic E-state index is -0.592. The van der Waals surface area contributed by atoms with Crippen LogP contribution in [0.3, 0.4) is 0 Å². The van der Waals surface area contributed by atoms with Crippen LogP contribution in [0.15, 0.2) is 48.5 Å². The van der Waals surface area contributed by atoms with Gasteiger partial charge in [0.15, 0.2) is 11.7 Å². The number of carbonyl (C=O) groups is 1. The fraction of sp³-hybridized carbons (Fsp3) is 0.250. The first-order chi connectivity index (χ1) is 12.6. The van der Waals surface area contributed by atoms with E-state index in [1.54, 1.807) is 52.9 Å². The monoisotopic (exact) mass is 371 g/mol. The molecule has 4 nitrogen and oxygen atoms in total. The largest absolute Gasteiger partial charge is 0.493 e. The molecule has 2 aromatic carbocycles. The standard InChI is InChI=1S/C20H20FN2O2S/c1-2-26-11-10-25-17-5-3-4-14(12-17)19(24)18-13-23(20(18)22)16-8-6-15(21)7-9-16/h3-9,12-13,18,22H,2,10-11H2,1H3/q+1. The van der Waals surface area contributed by atoms with Crippen LogP contribution in [0.2, 0.25) is 0 Å². The van der Waals surface area contributed by atoms with E-state index in [0.29, 0.717) is 23.6 Å². The molecule has 0 radical (unpaired) electrons. The third kappa shape index (κ3) is 4.02. The molecule has 1 aliphatic rings. The third-order valence-corrected chi connectivity index (χ3v) is 4.92. The summed E-state index contributed by atoms with van der Waals surface area (Å²) in [6.45, 7) is 2.70. The number of ketones is 1. The molecule has 134 valence electrons. The highest BCUT2D eigenvalue weighted by atomic mass is 32.2. The van der Waals surface area contributed by atoms with Crippen LogP contribution >= 0.6 is 11.8 Å². The fourth-order valence-electron chi connectivity index (χ4n) is 2.67. The van der Waals surface area contributed by atoms with Gasteiger partial charge in [0.25, 0.3) is 0 Å². The van der Waals surface area contributed by atoms with Gasteiger partial charge in [-0.3, -0.25) is 4.79 Å². The summed E-state index contributed by atoms with van der Waals surface area (Å²) < 4.78 is 20.3. The van der Waals surface area contributed by atoms with E-state index in [0.717, 1.165) is 11.5 Å². The molecule has 0 saturated carbocycles. The summed E-state index contributed by atoms with van der Waals surface area (Å²) in [6, 6.07) is 12.9. The predicted molar refractivity (Wildman–Crippen MR) is 103 cm³/mol. The highest BCUT2D eigenvalue weighted by Crippen LogP contribution is 2.24. The van der Waals surface area contributed by atoms with Crippen LogP contribution in [0.25, 0.3) is 0 Å². The molecule has 0 amide bonds. The maximum Gasteiger partial charge on any atom is 0.313 e. The van der Waals surface area contributed by atoms with Crippen LogP contribution in [-0.2, 0) is 0 Å². The summed E-state index contributed by atoms with van der Waals surface area (Å²) in [7, 11) is 0. The summed E-state index contributed by atoms with van der Waals surface area (Å²) in [4.78, 5) is 12.7. The van der Waals surface area contributed by atoms with Gasteiger partial charge in [-0.1, -0.05) is 19.1 Å². The number of nitrogens with one attached hydrogen (secondary N) is 1. The molecule has 1 atom stereocenters. The van der Waals surface area contributed by atoms with E-state index in [9.17, 15) is 9.18 Å². The molecule has 1 N–H and O–H groups in total. The summed E-state index contributed by atoms with van der Waals surface area (Å²) in [5.41, 5.74) is 1.20. The van der Waals surface area contributed by atoms with E-state index in [1.165, 1.54) is 12.1 Å². The van der Waals surface area contributed by atoms with Crippen molar-refractivity contribution < 1.29 is 18.5 Å². The number of carbonyl (C=O) groups excluding carboxylic acids is 1. The Hall–Kier alpha value is -2.47. The maximum absolute atomic E-state index is 13.0. The Labute approximate surface area is 156 Å². The Morgan fingerprint density at radius 1 is 1.27 bits per heavy atom. The molecular weight excluding hydrogens is 351 g/mol. The van der Waals surface area contributed by atoms with Crippen molar-refractivity contribution in [2.45, 2.75) is 6.92 Å². The number of hydrogen-bond donors (Lipinski definition) is 1. The Morgan fingerprint density at radius 2 is 2.04 bits per heavy atom. The van der Waals surface area contributed by atoms with Crippen molar-refractivity contribution in [2.24, 2.45) is 5.92 Å². The molecule has 1 heterocycles. The smallest absolute Gasteiger partial charge is 0.313 e. The molecule has 0 aliphatic carbocycles. The lowest BCUT2D eigenvalue weighted by Crippen LogP contribution is -2.43. The van der Waals surface area contributed by atoms with Crippen LogP contribution < -0.4 is 4.74 Å². The van der Waals surface area contributed by atoms with Crippen molar-refractivity contribution in [2.75, 3.05) is 18.1 Å². The molecule has 3 rings (SSSR count). The first-order valence-electron chi connectivity index (χ1n) is 8.43. The van der Waals surface area contributed by atoms with Crippen molar-refractivity contribution in [3.63, 3.8) is 0 Å². The topological polar surface area (TPSA) is 53.2 Å². The Balaban J connectivity index is 1.68. The van der Waals surface area contributed by atoms with E-state index in [-0.39, 0.29) is 17.4 Å². The normalized spacial score (nSPS) is 16.0. The lowest BCUT2D eigenvalue weighted by atomic mass is 9.92. The van der Waals surface area contributed by atoms with Crippen molar-refractivity contribution in [1.29, 1.82) is 5.41 Å². The molecule has 0 bridgehead atoms. The van der Waals surface area contributed by atoms with Gasteiger partial charge in [-0.25, -0.2) is 8.97 Å². The molecule has 0 aromatic heterocycles. The highest BCUT2D eigenvalue weighted by molar-refractivity contribution is 7.99. The minimum absolute atomic E-state index is 0.137. The summed E-state index contributed by atoms with van der Waals surface area (Å²) in [5.74, 6) is 1.74. The fourth-order valence-corrected chi connectivity index (χ4v) is 3.16. The van der Waals surface area contributed by atoms with Crippen LogP contribution in [0, 0.1) is 17.1 Å². The SMILES string of the molecule is CCSCCOc1cccc(C(=O)C2C=[N+](c3ccc(F)cc3)C2=N)c1. The number of benzene rings is 2. The number of halogens is 1. The second-order valence-corrected chi connectivity index (χ2v) is 7.19. The zero-order valence-electron chi connectivity index (χ0n) is 14.4. The van der Waals surface area contributed by atoms with Gasteiger partial charge in [0.1, 0.15) is 17.3 Å². The van der Waals surface area contributed by atoms with Gasteiger partial charge in [-0.15, -0.1) is 5.41 Å². The van der Waals surface area contributed by atoms with Gasteiger partial charge in [-0.05, 0) is 42.2 Å². The molecule has 6 heteroatoms. The van der Waals surface area contributed by atoms with Crippen LogP contribution in [0.1, 0.15) is 17.3 Å². The van der Waals surface area contributed by atoms with Crippen LogP contribution in [0.4, 0.5) is 10.1 Å². The number of hydrogen-bond acceptors (Lipinski definition) is 4. The zero-order valence-corrected chi connectivity index (χ0v) is 15.3. The van der Waals surface area contributed by atoms with E-state index in [2.05, 4.69) is 6.92 Å². The lowest BCUT2D eigenvalue weighted by molar-refractivity contribution is -0.329. The Kier molecular flexibility index (Phi) is 5.83. The van der Waals surface area contributed by atoms with Gasteiger partial charge in [0.2, 0.25) is 0 Å². The third-order valence-electron chi connectivity index (χ3n) is 4.06. The van der Waals surface area contributed by atoms with Crippen molar-refractivity contribution in [1.82, 2.24) is 0 Å². The average molecular weight is 371 g/mol. The van der Waals surface area contributed by atoms with E-state index >= 15 is 0 Å². The molecule has 2 aromatic rings. The maximum atomic E-state index is 13.0. The molecule has 0 saturated heterocycles. The summed E-state index contributed by atoms with van der Waals surface area (Å²) >= 11 is 1.80. The molecule has 0 fully saturated rings. The molecule has 1 aliphatic heterocycles. The van der Waals surface area contributed by atoms with Crippen LogP contribution in [-0.4, -0.2) is 40.5 Å². The minimum Gasteiger partial charge on any atom is -0.493 e. The Morgan fingerprint density at radius 3 is 2.73 bits per heavy atom. The number of ether oxygens (including phenoxy) is 1. The van der Waals surface area contributed by atoms with Gasteiger partial charge in [0, 0.05) is 11.3 Å². The molecular formula is C20H20FN2O2S+. The number of nitrogens with zero attached hydrogens (tertiary/aromatic N) is 1. The second kappa shape index (κ2) is 8.27. The Bertz CT molecular complexity index is 849. The van der Waals surface area contributed by atoms with E-state index in [4.69, 9.17) is 10.1 Å². The van der Waals surface area contributed by atoms with E-state index < -0.39 is 5.92 Å². The van der Waals surface area contributed by atoms with Gasteiger partial charge < -0.3 is 4.74 Å². The number of rotatable bonds is 8. The zero-order chi connectivity index (χ0) is 18.5. The molecule has 0 spiro atoms. The van der Waals surface area contributed by atoms with E-state index in [1.807, 2.05) is 6.07 Å². The van der Waals surface area contributed by atoms with Crippen molar-refractivity contribution in [3.8, 4) is 5.75 Å². The first-order valence-corrected chi connectivity index (χ1v) is 9.58. The van der Waals surface area contributed by atoms with Gasteiger partial charge >= 0.3 is 5.84 Å². The summed E-state index contributed by atoms with van der Waals surface area (Å²) in [6.07, 6.45) is 1.68. The number of amidine groups is 1. The van der Waals surface area contributed by atoms with Crippen molar-refractivity contribution >= 4 is 35.3 Å². The molecule has 26 heavy (non-hydrogen) atoms. The van der Waals surface area contributed by atoms with Crippen molar-refractivity contribution in [3.05, 3.63) is 59.9 Å². The lowest BCUT2D eigenvalue weighted by Gasteiger charge is -2.20.